The Bertz CT molecular complexity index is 723. The number of esters is 1. The van der Waals surface area contributed by atoms with Crippen LogP contribution in [-0.2, 0) is 18.7 Å². The summed E-state index contributed by atoms with van der Waals surface area (Å²) in [7, 11) is -2.33. The highest BCUT2D eigenvalue weighted by Gasteiger charge is 2.44. The van der Waals surface area contributed by atoms with Crippen LogP contribution < -0.4 is 5.32 Å². The fourth-order valence-electron chi connectivity index (χ4n) is 2.40. The summed E-state index contributed by atoms with van der Waals surface area (Å²) in [6, 6.07) is 5.98. The SMILES string of the molecule is CCOC(=O)[C@H](NC(=O)OC(C)(C)C)[C@H](O[Si](C)(C)C(C)(C)C)c1ccc(Cl)cc1. The van der Waals surface area contributed by atoms with Crippen LogP contribution in [0.3, 0.4) is 0 Å². The van der Waals surface area contributed by atoms with Crippen molar-refractivity contribution in [2.75, 3.05) is 6.61 Å². The van der Waals surface area contributed by atoms with E-state index >= 15 is 0 Å². The van der Waals surface area contributed by atoms with Crippen molar-refractivity contribution in [2.24, 2.45) is 0 Å². The topological polar surface area (TPSA) is 73.9 Å². The predicted octanol–water partition coefficient (Wildman–Crippen LogP) is 5.86. The molecule has 0 heterocycles. The molecule has 0 aromatic heterocycles. The highest BCUT2D eigenvalue weighted by atomic mass is 35.5. The Kier molecular flexibility index (Phi) is 8.96. The standard InChI is InChI=1S/C22H36ClNO5Si/c1-10-27-19(25)17(24-20(26)28-21(2,3)4)18(15-11-13-16(23)14-12-15)29-30(8,9)22(5,6)7/h11-14,17-18H,10H2,1-9H3,(H,24,26)/t17-,18-/m1/s1. The van der Waals surface area contributed by atoms with Gasteiger partial charge < -0.3 is 19.2 Å². The fourth-order valence-corrected chi connectivity index (χ4v) is 3.79. The molecule has 0 bridgehead atoms. The lowest BCUT2D eigenvalue weighted by molar-refractivity contribution is -0.148. The highest BCUT2D eigenvalue weighted by Crippen LogP contribution is 2.41. The van der Waals surface area contributed by atoms with Crippen LogP contribution in [0.5, 0.6) is 0 Å². The molecule has 6 nitrogen and oxygen atoms in total. The van der Waals surface area contributed by atoms with E-state index in [-0.39, 0.29) is 11.6 Å². The Morgan fingerprint density at radius 2 is 1.60 bits per heavy atom. The van der Waals surface area contributed by atoms with Crippen molar-refractivity contribution in [3.63, 3.8) is 0 Å². The Hall–Kier alpha value is -1.57. The molecule has 0 aliphatic rings. The number of ether oxygens (including phenoxy) is 2. The molecule has 8 heteroatoms. The van der Waals surface area contributed by atoms with E-state index < -0.39 is 38.1 Å². The van der Waals surface area contributed by atoms with Crippen molar-refractivity contribution < 1.29 is 23.5 Å². The summed E-state index contributed by atoms with van der Waals surface area (Å²) in [6.07, 6.45) is -1.46. The van der Waals surface area contributed by atoms with Crippen molar-refractivity contribution in [1.82, 2.24) is 5.32 Å². The molecule has 0 spiro atoms. The first-order valence-corrected chi connectivity index (χ1v) is 13.5. The van der Waals surface area contributed by atoms with Gasteiger partial charge in [-0.05, 0) is 63.5 Å². The van der Waals surface area contributed by atoms with Gasteiger partial charge in [0.2, 0.25) is 0 Å². The largest absolute Gasteiger partial charge is 0.464 e. The van der Waals surface area contributed by atoms with Gasteiger partial charge in [-0.2, -0.15) is 0 Å². The summed E-state index contributed by atoms with van der Waals surface area (Å²) in [5.41, 5.74) is 0.0117. The lowest BCUT2D eigenvalue weighted by atomic mass is 10.0. The zero-order valence-corrected chi connectivity index (χ0v) is 21.3. The molecule has 0 saturated heterocycles. The van der Waals surface area contributed by atoms with Gasteiger partial charge in [-0.3, -0.25) is 0 Å². The maximum absolute atomic E-state index is 12.9. The van der Waals surface area contributed by atoms with Crippen LogP contribution in [-0.4, -0.2) is 38.6 Å². The molecule has 1 aromatic rings. The number of benzene rings is 1. The normalized spacial score (nSPS) is 14.6. The molecular formula is C22H36ClNO5Si. The van der Waals surface area contributed by atoms with Crippen LogP contribution in [0.2, 0.25) is 23.2 Å². The second kappa shape index (κ2) is 10.2. The van der Waals surface area contributed by atoms with Crippen molar-refractivity contribution >= 4 is 32.0 Å². The van der Waals surface area contributed by atoms with E-state index in [1.165, 1.54) is 0 Å². The molecule has 0 radical (unpaired) electrons. The molecule has 1 aromatic carbocycles. The zero-order valence-electron chi connectivity index (χ0n) is 19.6. The lowest BCUT2D eigenvalue weighted by Gasteiger charge is -2.41. The maximum Gasteiger partial charge on any atom is 0.408 e. The van der Waals surface area contributed by atoms with Crippen LogP contribution >= 0.6 is 11.6 Å². The number of alkyl carbamates (subject to hydrolysis) is 1. The van der Waals surface area contributed by atoms with Gasteiger partial charge in [-0.25, -0.2) is 9.59 Å². The first kappa shape index (κ1) is 26.5. The first-order valence-electron chi connectivity index (χ1n) is 10.2. The third-order valence-electron chi connectivity index (χ3n) is 4.94. The summed E-state index contributed by atoms with van der Waals surface area (Å²) in [4.78, 5) is 25.4. The van der Waals surface area contributed by atoms with Crippen LogP contribution in [0.4, 0.5) is 4.79 Å². The molecule has 170 valence electrons. The number of amides is 1. The van der Waals surface area contributed by atoms with E-state index in [0.717, 1.165) is 5.56 Å². The molecule has 0 unspecified atom stereocenters. The Morgan fingerprint density at radius 1 is 1.07 bits per heavy atom. The highest BCUT2D eigenvalue weighted by molar-refractivity contribution is 6.74. The van der Waals surface area contributed by atoms with E-state index in [1.807, 2.05) is 0 Å². The average molecular weight is 458 g/mol. The number of hydrogen-bond donors (Lipinski definition) is 1. The second-order valence-electron chi connectivity index (χ2n) is 9.73. The second-order valence-corrected chi connectivity index (χ2v) is 14.9. The van der Waals surface area contributed by atoms with E-state index in [1.54, 1.807) is 52.0 Å². The Morgan fingerprint density at radius 3 is 2.03 bits per heavy atom. The molecule has 0 fully saturated rings. The zero-order chi connectivity index (χ0) is 23.3. The van der Waals surface area contributed by atoms with E-state index in [0.29, 0.717) is 5.02 Å². The van der Waals surface area contributed by atoms with E-state index in [9.17, 15) is 9.59 Å². The number of hydrogen-bond acceptors (Lipinski definition) is 5. The van der Waals surface area contributed by atoms with Gasteiger partial charge in [-0.1, -0.05) is 44.5 Å². The maximum atomic E-state index is 12.9. The predicted molar refractivity (Wildman–Crippen MR) is 122 cm³/mol. The molecule has 2 atom stereocenters. The van der Waals surface area contributed by atoms with Gasteiger partial charge in [0, 0.05) is 5.02 Å². The third kappa shape index (κ3) is 7.93. The minimum atomic E-state index is -2.33. The number of rotatable bonds is 7. The summed E-state index contributed by atoms with van der Waals surface area (Å²) in [6.45, 7) is 17.7. The van der Waals surface area contributed by atoms with Crippen LogP contribution in [0.15, 0.2) is 24.3 Å². The molecular weight excluding hydrogens is 422 g/mol. The van der Waals surface area contributed by atoms with Crippen molar-refractivity contribution in [2.45, 2.75) is 84.3 Å². The van der Waals surface area contributed by atoms with Crippen molar-refractivity contribution in [1.29, 1.82) is 0 Å². The summed E-state index contributed by atoms with van der Waals surface area (Å²) >= 11 is 6.06. The molecule has 0 aliphatic carbocycles. The number of carbonyl (C=O) groups is 2. The quantitative estimate of drug-likeness (QED) is 0.410. The fraction of sp³-hybridized carbons (Fsp3) is 0.636. The van der Waals surface area contributed by atoms with Gasteiger partial charge in [0.1, 0.15) is 11.7 Å². The minimum absolute atomic E-state index is 0.108. The monoisotopic (exact) mass is 457 g/mol. The molecule has 30 heavy (non-hydrogen) atoms. The summed E-state index contributed by atoms with van der Waals surface area (Å²) < 4.78 is 17.3. The first-order chi connectivity index (χ1) is 13.6. The van der Waals surface area contributed by atoms with Gasteiger partial charge in [-0.15, -0.1) is 0 Å². The minimum Gasteiger partial charge on any atom is -0.464 e. The third-order valence-corrected chi connectivity index (χ3v) is 9.65. The summed E-state index contributed by atoms with van der Waals surface area (Å²) in [5.74, 6) is -0.581. The van der Waals surface area contributed by atoms with Crippen molar-refractivity contribution in [3.05, 3.63) is 34.9 Å². The Labute approximate surface area is 186 Å². The molecule has 1 amide bonds. The number of nitrogens with one attached hydrogen (secondary N) is 1. The lowest BCUT2D eigenvalue weighted by Crippen LogP contribution is -2.52. The molecule has 0 aliphatic heterocycles. The van der Waals surface area contributed by atoms with E-state index in [4.69, 9.17) is 25.5 Å². The van der Waals surface area contributed by atoms with Crippen LogP contribution in [0.1, 0.15) is 60.1 Å². The van der Waals surface area contributed by atoms with Gasteiger partial charge in [0.05, 0.1) is 6.61 Å². The van der Waals surface area contributed by atoms with E-state index in [2.05, 4.69) is 39.2 Å². The number of halogens is 1. The Balaban J connectivity index is 3.41. The smallest absolute Gasteiger partial charge is 0.408 e. The number of carbonyl (C=O) groups excluding carboxylic acids is 2. The van der Waals surface area contributed by atoms with Gasteiger partial charge >= 0.3 is 12.1 Å². The van der Waals surface area contributed by atoms with Crippen LogP contribution in [0.25, 0.3) is 0 Å². The van der Waals surface area contributed by atoms with Crippen LogP contribution in [0, 0.1) is 0 Å². The molecule has 1 rings (SSSR count). The van der Waals surface area contributed by atoms with Crippen molar-refractivity contribution in [3.8, 4) is 0 Å². The van der Waals surface area contributed by atoms with Gasteiger partial charge in [0.15, 0.2) is 14.4 Å². The summed E-state index contributed by atoms with van der Waals surface area (Å²) in [5, 5.41) is 3.13. The van der Waals surface area contributed by atoms with Gasteiger partial charge in [0.25, 0.3) is 0 Å². The molecule has 0 saturated carbocycles. The average Bonchev–Trinajstić information content (AvgIpc) is 2.56. The molecule has 1 N–H and O–H groups in total.